The molecule has 2 nitrogen and oxygen atoms in total. The lowest BCUT2D eigenvalue weighted by Crippen LogP contribution is -3.00. The van der Waals surface area contributed by atoms with E-state index in [2.05, 4.69) is 21.0 Å². The maximum Gasteiger partial charge on any atom is 0.183 e. The second-order valence-electron chi connectivity index (χ2n) is 3.22. The summed E-state index contributed by atoms with van der Waals surface area (Å²) in [7, 11) is 4.37. The molecule has 0 aromatic rings. The van der Waals surface area contributed by atoms with Gasteiger partial charge in [0.2, 0.25) is 0 Å². The molecule has 1 fully saturated rings. The Bertz CT molecular complexity index is 95.1. The van der Waals surface area contributed by atoms with E-state index >= 15 is 0 Å². The molecule has 1 rings (SSSR count). The first kappa shape index (κ1) is 9.40. The second kappa shape index (κ2) is 2.99. The van der Waals surface area contributed by atoms with Crippen LogP contribution in [-0.4, -0.2) is 38.0 Å². The number of hydrogen-bond donors (Lipinski definition) is 0. The molecule has 56 valence electrons. The lowest BCUT2D eigenvalue weighted by molar-refractivity contribution is -0.887. The Morgan fingerprint density at radius 1 is 1.44 bits per heavy atom. The van der Waals surface area contributed by atoms with Gasteiger partial charge >= 0.3 is 0 Å². The first-order valence-corrected chi connectivity index (χ1v) is 3.04. The highest BCUT2D eigenvalue weighted by Crippen LogP contribution is 2.10. The number of halogens is 1. The average molecular weight is 196 g/mol. The predicted octanol–water partition coefficient (Wildman–Crippen LogP) is -2.56. The molecule has 1 aliphatic rings. The third kappa shape index (κ3) is 2.65. The van der Waals surface area contributed by atoms with Crippen molar-refractivity contribution in [2.75, 3.05) is 27.4 Å². The van der Waals surface area contributed by atoms with Gasteiger partial charge in [0.25, 0.3) is 0 Å². The molecule has 0 spiro atoms. The summed E-state index contributed by atoms with van der Waals surface area (Å²) in [6.07, 6.45) is 0.463. The van der Waals surface area contributed by atoms with Crippen molar-refractivity contribution in [1.82, 2.24) is 0 Å². The summed E-state index contributed by atoms with van der Waals surface area (Å²) in [4.78, 5) is 0. The number of likely N-dealkylation sites (N-methyl/N-ethyl adjacent to an activating group) is 1. The van der Waals surface area contributed by atoms with Crippen LogP contribution in [-0.2, 0) is 4.74 Å². The Kier molecular flexibility index (Phi) is 3.12. The molecule has 0 bridgehead atoms. The van der Waals surface area contributed by atoms with Crippen molar-refractivity contribution in [3.8, 4) is 0 Å². The molecule has 1 unspecified atom stereocenters. The molecule has 1 saturated heterocycles. The predicted molar refractivity (Wildman–Crippen MR) is 32.4 cm³/mol. The van der Waals surface area contributed by atoms with Gasteiger partial charge in [-0.2, -0.15) is 0 Å². The molecule has 3 heteroatoms. The Balaban J connectivity index is 0.000000640. The topological polar surface area (TPSA) is 9.23 Å². The van der Waals surface area contributed by atoms with E-state index in [-0.39, 0.29) is 17.0 Å². The van der Waals surface area contributed by atoms with Crippen LogP contribution in [0, 0.1) is 0 Å². The van der Waals surface area contributed by atoms with Crippen molar-refractivity contribution in [2.45, 2.75) is 13.0 Å². The largest absolute Gasteiger partial charge is 1.00 e. The molecule has 9 heavy (non-hydrogen) atoms. The zero-order chi connectivity index (χ0) is 6.20. The lowest BCUT2D eigenvalue weighted by Gasteiger charge is -2.19. The maximum atomic E-state index is 5.34. The van der Waals surface area contributed by atoms with E-state index in [1.807, 2.05) is 0 Å². The first-order chi connectivity index (χ1) is 3.60. The molecule has 1 heterocycles. The van der Waals surface area contributed by atoms with Crippen LogP contribution in [0.2, 0.25) is 0 Å². The molecule has 0 aromatic heterocycles. The van der Waals surface area contributed by atoms with Crippen molar-refractivity contribution in [3.05, 3.63) is 0 Å². The molecule has 0 saturated carbocycles. The van der Waals surface area contributed by atoms with Crippen molar-refractivity contribution in [2.24, 2.45) is 0 Å². The monoisotopic (exact) mass is 195 g/mol. The van der Waals surface area contributed by atoms with Crippen molar-refractivity contribution in [1.29, 1.82) is 0 Å². The van der Waals surface area contributed by atoms with E-state index in [1.165, 1.54) is 0 Å². The van der Waals surface area contributed by atoms with Gasteiger partial charge in [-0.05, 0) is 6.92 Å². The third-order valence-electron chi connectivity index (χ3n) is 1.46. The minimum absolute atomic E-state index is 0. The maximum absolute atomic E-state index is 5.34. The summed E-state index contributed by atoms with van der Waals surface area (Å²) in [6.45, 7) is 4.15. The highest BCUT2D eigenvalue weighted by atomic mass is 79.9. The molecule has 0 aliphatic carbocycles. The van der Waals surface area contributed by atoms with Gasteiger partial charge in [0.05, 0.1) is 14.1 Å². The summed E-state index contributed by atoms with van der Waals surface area (Å²) < 4.78 is 6.36. The van der Waals surface area contributed by atoms with E-state index in [1.54, 1.807) is 0 Å². The molecule has 1 aliphatic heterocycles. The zero-order valence-electron chi connectivity index (χ0n) is 6.22. The molecule has 1 atom stereocenters. The van der Waals surface area contributed by atoms with E-state index in [0.29, 0.717) is 6.10 Å². The smallest absolute Gasteiger partial charge is 0.183 e. The first-order valence-electron chi connectivity index (χ1n) is 3.04. The number of nitrogens with zero attached hydrogens (tertiary/aromatic N) is 1. The van der Waals surface area contributed by atoms with Gasteiger partial charge < -0.3 is 26.2 Å². The van der Waals surface area contributed by atoms with E-state index in [0.717, 1.165) is 17.8 Å². The molecular formula is C6H14BrNO. The number of ether oxygens (including phenoxy) is 1. The molecule has 0 radical (unpaired) electrons. The van der Waals surface area contributed by atoms with Gasteiger partial charge in [0, 0.05) is 0 Å². The van der Waals surface area contributed by atoms with Gasteiger partial charge in [-0.1, -0.05) is 0 Å². The Hall–Kier alpha value is 0.400. The van der Waals surface area contributed by atoms with Crippen molar-refractivity contribution >= 4 is 0 Å². The fourth-order valence-electron chi connectivity index (χ4n) is 1.13. The SMILES string of the molecule is CC1C[N+](C)(C)CO1.[Br-]. The average Bonchev–Trinajstić information content (AvgIpc) is 1.82. The van der Waals surface area contributed by atoms with Gasteiger partial charge in [0.1, 0.15) is 12.6 Å². The van der Waals surface area contributed by atoms with Crippen LogP contribution in [0.5, 0.6) is 0 Å². The Morgan fingerprint density at radius 3 is 2.11 bits per heavy atom. The fourth-order valence-corrected chi connectivity index (χ4v) is 1.13. The molecule has 0 N–H and O–H groups in total. The van der Waals surface area contributed by atoms with Crippen LogP contribution in [0.1, 0.15) is 6.92 Å². The van der Waals surface area contributed by atoms with Crippen LogP contribution in [0.15, 0.2) is 0 Å². The van der Waals surface area contributed by atoms with Crippen LogP contribution in [0.3, 0.4) is 0 Å². The summed E-state index contributed by atoms with van der Waals surface area (Å²) in [5.41, 5.74) is 0. The van der Waals surface area contributed by atoms with E-state index in [9.17, 15) is 0 Å². The highest BCUT2D eigenvalue weighted by Gasteiger charge is 2.27. The standard InChI is InChI=1S/C6H14NO.BrH/c1-6-4-7(2,3)5-8-6;/h6H,4-5H2,1-3H3;1H/q+1;/p-1. The van der Waals surface area contributed by atoms with Gasteiger partial charge in [-0.25, -0.2) is 0 Å². The van der Waals surface area contributed by atoms with Crippen LogP contribution >= 0.6 is 0 Å². The van der Waals surface area contributed by atoms with Gasteiger partial charge in [-0.15, -0.1) is 0 Å². The fraction of sp³-hybridized carbons (Fsp3) is 1.00. The van der Waals surface area contributed by atoms with Crippen LogP contribution in [0.4, 0.5) is 0 Å². The van der Waals surface area contributed by atoms with Gasteiger partial charge in [-0.3, -0.25) is 0 Å². The molecular weight excluding hydrogens is 182 g/mol. The minimum Gasteiger partial charge on any atom is -1.00 e. The molecule has 0 aromatic carbocycles. The quantitative estimate of drug-likeness (QED) is 0.387. The normalized spacial score (nSPS) is 31.7. The number of rotatable bonds is 0. The summed E-state index contributed by atoms with van der Waals surface area (Å²) in [5, 5.41) is 0. The molecule has 0 amide bonds. The van der Waals surface area contributed by atoms with Crippen LogP contribution in [0.25, 0.3) is 0 Å². The van der Waals surface area contributed by atoms with Gasteiger partial charge in [0.15, 0.2) is 6.73 Å². The number of quaternary nitrogens is 1. The lowest BCUT2D eigenvalue weighted by atomic mass is 10.4. The third-order valence-corrected chi connectivity index (χ3v) is 1.46. The highest BCUT2D eigenvalue weighted by molar-refractivity contribution is 4.50. The summed E-state index contributed by atoms with van der Waals surface area (Å²) >= 11 is 0. The van der Waals surface area contributed by atoms with Crippen molar-refractivity contribution < 1.29 is 26.2 Å². The zero-order valence-corrected chi connectivity index (χ0v) is 7.81. The number of hydrogen-bond acceptors (Lipinski definition) is 1. The second-order valence-corrected chi connectivity index (χ2v) is 3.22. The van der Waals surface area contributed by atoms with Crippen LogP contribution < -0.4 is 17.0 Å². The van der Waals surface area contributed by atoms with E-state index < -0.39 is 0 Å². The Labute approximate surface area is 67.2 Å². The van der Waals surface area contributed by atoms with Crippen molar-refractivity contribution in [3.63, 3.8) is 0 Å². The Morgan fingerprint density at radius 2 is 2.00 bits per heavy atom. The minimum atomic E-state index is 0. The summed E-state index contributed by atoms with van der Waals surface area (Å²) in [5.74, 6) is 0. The summed E-state index contributed by atoms with van der Waals surface area (Å²) in [6, 6.07) is 0. The van der Waals surface area contributed by atoms with E-state index in [4.69, 9.17) is 4.74 Å².